The quantitative estimate of drug-likeness (QED) is 0.842. The van der Waals surface area contributed by atoms with Gasteiger partial charge in [-0.05, 0) is 25.0 Å². The van der Waals surface area contributed by atoms with Gasteiger partial charge in [0.25, 0.3) is 0 Å². The van der Waals surface area contributed by atoms with Crippen molar-refractivity contribution in [3.05, 3.63) is 18.2 Å². The van der Waals surface area contributed by atoms with Crippen LogP contribution in [-0.2, 0) is 4.79 Å². The van der Waals surface area contributed by atoms with E-state index in [9.17, 15) is 4.79 Å². The van der Waals surface area contributed by atoms with Crippen LogP contribution in [-0.4, -0.2) is 24.0 Å². The third-order valence-electron chi connectivity index (χ3n) is 2.72. The van der Waals surface area contributed by atoms with E-state index in [1.165, 1.54) is 0 Å². The second-order valence-electron chi connectivity index (χ2n) is 4.10. The molecule has 5 nitrogen and oxygen atoms in total. The molecule has 1 N–H and O–H groups in total. The van der Waals surface area contributed by atoms with Gasteiger partial charge in [0.15, 0.2) is 17.6 Å². The monoisotopic (exact) mass is 252 g/mol. The number of hydrogen-bond acceptors (Lipinski definition) is 4. The van der Waals surface area contributed by atoms with Crippen molar-refractivity contribution >= 4 is 5.97 Å². The van der Waals surface area contributed by atoms with Gasteiger partial charge in [0.05, 0.1) is 0 Å². The van der Waals surface area contributed by atoms with Crippen molar-refractivity contribution in [3.8, 4) is 17.2 Å². The lowest BCUT2D eigenvalue weighted by atomic mass is 10.1. The first-order valence-corrected chi connectivity index (χ1v) is 6.00. The number of ether oxygens (including phenoxy) is 3. The van der Waals surface area contributed by atoms with Crippen molar-refractivity contribution in [2.24, 2.45) is 0 Å². The number of benzene rings is 1. The molecule has 2 rings (SSSR count). The highest BCUT2D eigenvalue weighted by molar-refractivity contribution is 5.72. The van der Waals surface area contributed by atoms with Crippen molar-refractivity contribution in [2.75, 3.05) is 6.79 Å². The van der Waals surface area contributed by atoms with Crippen molar-refractivity contribution in [3.63, 3.8) is 0 Å². The molecule has 0 amide bonds. The van der Waals surface area contributed by atoms with Crippen LogP contribution in [0, 0.1) is 0 Å². The lowest BCUT2D eigenvalue weighted by molar-refractivity contribution is -0.145. The van der Waals surface area contributed by atoms with Crippen LogP contribution in [0.25, 0.3) is 0 Å². The highest BCUT2D eigenvalue weighted by atomic mass is 16.7. The molecular formula is C13H16O5. The van der Waals surface area contributed by atoms with Gasteiger partial charge in [-0.2, -0.15) is 0 Å². The van der Waals surface area contributed by atoms with Crippen molar-refractivity contribution in [1.82, 2.24) is 0 Å². The highest BCUT2D eigenvalue weighted by Gasteiger charge is 2.20. The van der Waals surface area contributed by atoms with E-state index in [4.69, 9.17) is 19.3 Å². The number of carbonyl (C=O) groups is 1. The molecular weight excluding hydrogens is 236 g/mol. The van der Waals surface area contributed by atoms with Gasteiger partial charge in [0.2, 0.25) is 6.79 Å². The van der Waals surface area contributed by atoms with Gasteiger partial charge in [-0.25, -0.2) is 4.79 Å². The Morgan fingerprint density at radius 3 is 2.94 bits per heavy atom. The van der Waals surface area contributed by atoms with E-state index in [2.05, 4.69) is 0 Å². The molecule has 1 atom stereocenters. The molecule has 0 saturated carbocycles. The Bertz CT molecular complexity index is 429. The normalized spacial score (nSPS) is 14.3. The summed E-state index contributed by atoms with van der Waals surface area (Å²) in [6.07, 6.45) is 1.45. The highest BCUT2D eigenvalue weighted by Crippen LogP contribution is 2.35. The van der Waals surface area contributed by atoms with E-state index in [-0.39, 0.29) is 6.79 Å². The van der Waals surface area contributed by atoms with Gasteiger partial charge < -0.3 is 19.3 Å². The van der Waals surface area contributed by atoms with Crippen LogP contribution in [0.15, 0.2) is 18.2 Å². The summed E-state index contributed by atoms with van der Waals surface area (Å²) >= 11 is 0. The fourth-order valence-corrected chi connectivity index (χ4v) is 1.74. The first kappa shape index (κ1) is 12.5. The largest absolute Gasteiger partial charge is 0.479 e. The smallest absolute Gasteiger partial charge is 0.344 e. The van der Waals surface area contributed by atoms with Gasteiger partial charge in [-0.15, -0.1) is 0 Å². The standard InChI is InChI=1S/C13H16O5/c1-2-3-4-11(13(14)15)18-9-5-6-10-12(7-9)17-8-16-10/h5-7,11H,2-4,8H2,1H3,(H,14,15)/t11-/m1/s1. The number of fused-ring (bicyclic) bond motifs is 1. The first-order valence-electron chi connectivity index (χ1n) is 6.00. The van der Waals surface area contributed by atoms with Gasteiger partial charge in [0, 0.05) is 6.07 Å². The molecule has 0 spiro atoms. The third-order valence-corrected chi connectivity index (χ3v) is 2.72. The maximum atomic E-state index is 11.1. The predicted molar refractivity (Wildman–Crippen MR) is 64.1 cm³/mol. The molecule has 0 saturated heterocycles. The van der Waals surface area contributed by atoms with Crippen LogP contribution in [0.2, 0.25) is 0 Å². The second kappa shape index (κ2) is 5.62. The number of carboxylic acid groups (broad SMARTS) is 1. The fraction of sp³-hybridized carbons (Fsp3) is 0.462. The SMILES string of the molecule is CCCC[C@@H](Oc1ccc2c(c1)OCO2)C(=O)O. The molecule has 0 fully saturated rings. The lowest BCUT2D eigenvalue weighted by Crippen LogP contribution is -2.26. The average Bonchev–Trinajstić information content (AvgIpc) is 2.81. The van der Waals surface area contributed by atoms with Gasteiger partial charge in [-0.1, -0.05) is 13.3 Å². The summed E-state index contributed by atoms with van der Waals surface area (Å²) in [6, 6.07) is 5.07. The summed E-state index contributed by atoms with van der Waals surface area (Å²) in [6.45, 7) is 2.20. The number of aliphatic carboxylic acids is 1. The Morgan fingerprint density at radius 2 is 2.22 bits per heavy atom. The molecule has 1 aliphatic rings. The van der Waals surface area contributed by atoms with Crippen LogP contribution in [0.5, 0.6) is 17.2 Å². The second-order valence-corrected chi connectivity index (χ2v) is 4.10. The molecule has 0 radical (unpaired) electrons. The Labute approximate surface area is 105 Å². The number of unbranched alkanes of at least 4 members (excludes halogenated alkanes) is 1. The molecule has 0 unspecified atom stereocenters. The maximum Gasteiger partial charge on any atom is 0.344 e. The van der Waals surface area contributed by atoms with Crippen LogP contribution >= 0.6 is 0 Å². The summed E-state index contributed by atoms with van der Waals surface area (Å²) in [5.41, 5.74) is 0. The Hall–Kier alpha value is -1.91. The number of hydrogen-bond donors (Lipinski definition) is 1. The van der Waals surface area contributed by atoms with E-state index in [0.29, 0.717) is 23.7 Å². The fourth-order valence-electron chi connectivity index (χ4n) is 1.74. The van der Waals surface area contributed by atoms with E-state index in [1.807, 2.05) is 6.92 Å². The van der Waals surface area contributed by atoms with Crippen LogP contribution in [0.3, 0.4) is 0 Å². The predicted octanol–water partition coefficient (Wildman–Crippen LogP) is 2.44. The Balaban J connectivity index is 2.04. The molecule has 1 aliphatic heterocycles. The summed E-state index contributed by atoms with van der Waals surface area (Å²) in [4.78, 5) is 11.1. The zero-order chi connectivity index (χ0) is 13.0. The maximum absolute atomic E-state index is 11.1. The Morgan fingerprint density at radius 1 is 1.44 bits per heavy atom. The van der Waals surface area contributed by atoms with Gasteiger partial charge in [-0.3, -0.25) is 0 Å². The average molecular weight is 252 g/mol. The van der Waals surface area contributed by atoms with Gasteiger partial charge in [0.1, 0.15) is 5.75 Å². The molecule has 0 bridgehead atoms. The number of carboxylic acids is 1. The summed E-state index contributed by atoms with van der Waals surface area (Å²) in [7, 11) is 0. The van der Waals surface area contributed by atoms with E-state index >= 15 is 0 Å². The zero-order valence-corrected chi connectivity index (χ0v) is 10.2. The lowest BCUT2D eigenvalue weighted by Gasteiger charge is -2.14. The minimum Gasteiger partial charge on any atom is -0.479 e. The van der Waals surface area contributed by atoms with E-state index in [1.54, 1.807) is 18.2 Å². The number of rotatable bonds is 6. The minimum atomic E-state index is -0.943. The molecule has 1 aromatic carbocycles. The summed E-state index contributed by atoms with van der Waals surface area (Å²) < 4.78 is 15.9. The first-order chi connectivity index (χ1) is 8.70. The molecule has 0 aromatic heterocycles. The molecule has 5 heteroatoms. The molecule has 98 valence electrons. The van der Waals surface area contributed by atoms with Crippen molar-refractivity contribution < 1.29 is 24.1 Å². The van der Waals surface area contributed by atoms with Crippen LogP contribution < -0.4 is 14.2 Å². The summed E-state index contributed by atoms with van der Waals surface area (Å²) in [5, 5.41) is 9.07. The van der Waals surface area contributed by atoms with Crippen LogP contribution in [0.4, 0.5) is 0 Å². The molecule has 18 heavy (non-hydrogen) atoms. The van der Waals surface area contributed by atoms with E-state index < -0.39 is 12.1 Å². The minimum absolute atomic E-state index is 0.191. The van der Waals surface area contributed by atoms with E-state index in [0.717, 1.165) is 12.8 Å². The molecule has 1 heterocycles. The Kier molecular flexibility index (Phi) is 3.92. The van der Waals surface area contributed by atoms with Crippen molar-refractivity contribution in [2.45, 2.75) is 32.3 Å². The third kappa shape index (κ3) is 2.85. The zero-order valence-electron chi connectivity index (χ0n) is 10.2. The van der Waals surface area contributed by atoms with Gasteiger partial charge >= 0.3 is 5.97 Å². The molecule has 1 aromatic rings. The van der Waals surface area contributed by atoms with Crippen LogP contribution in [0.1, 0.15) is 26.2 Å². The van der Waals surface area contributed by atoms with Crippen molar-refractivity contribution in [1.29, 1.82) is 0 Å². The summed E-state index contributed by atoms with van der Waals surface area (Å²) in [5.74, 6) is 0.791. The molecule has 0 aliphatic carbocycles. The topological polar surface area (TPSA) is 65.0 Å².